The van der Waals surface area contributed by atoms with Gasteiger partial charge in [-0.15, -0.1) is 0 Å². The third-order valence-electron chi connectivity index (χ3n) is 8.55. The van der Waals surface area contributed by atoms with Crippen LogP contribution in [0.25, 0.3) is 0 Å². The molecule has 5 atom stereocenters. The summed E-state index contributed by atoms with van der Waals surface area (Å²) in [7, 11) is 1.78. The van der Waals surface area contributed by atoms with Crippen LogP contribution in [0.5, 0.6) is 0 Å². The van der Waals surface area contributed by atoms with Gasteiger partial charge in [0, 0.05) is 0 Å². The Morgan fingerprint density at radius 2 is 1.57 bits per heavy atom. The first-order valence-electron chi connectivity index (χ1n) is 13.0. The van der Waals surface area contributed by atoms with E-state index in [0.29, 0.717) is 11.8 Å². The molecule has 0 N–H and O–H groups in total. The van der Waals surface area contributed by atoms with Gasteiger partial charge in [-0.25, -0.2) is 0 Å². The van der Waals surface area contributed by atoms with Crippen LogP contribution in [-0.2, 0) is 19.2 Å². The van der Waals surface area contributed by atoms with Gasteiger partial charge in [0.05, 0.1) is 0 Å². The fourth-order valence-corrected chi connectivity index (χ4v) is 24.5. The Kier molecular flexibility index (Phi) is 9.41. The molecule has 0 aromatic heterocycles. The third kappa shape index (κ3) is 5.24. The van der Waals surface area contributed by atoms with Crippen LogP contribution in [0.2, 0.25) is 17.7 Å². The van der Waals surface area contributed by atoms with Crippen molar-refractivity contribution in [2.24, 2.45) is 11.8 Å². The molecule has 3 heterocycles. The Bertz CT molecular complexity index is 508. The fraction of sp³-hybridized carbons (Fsp3) is 1.00. The van der Waals surface area contributed by atoms with Gasteiger partial charge in [0.15, 0.2) is 0 Å². The van der Waals surface area contributed by atoms with Crippen LogP contribution >= 0.6 is 0 Å². The van der Waals surface area contributed by atoms with Gasteiger partial charge in [-0.05, 0) is 0 Å². The number of hydrogen-bond acceptors (Lipinski definition) is 4. The van der Waals surface area contributed by atoms with Gasteiger partial charge in [-0.2, -0.15) is 0 Å². The molecule has 176 valence electrons. The second-order valence-electron chi connectivity index (χ2n) is 10.7. The van der Waals surface area contributed by atoms with Crippen molar-refractivity contribution in [1.29, 1.82) is 0 Å². The molecule has 0 amide bonds. The Morgan fingerprint density at radius 1 is 0.933 bits per heavy atom. The summed E-state index contributed by atoms with van der Waals surface area (Å²) >= 11 is -2.32. The second kappa shape index (κ2) is 11.2. The Labute approximate surface area is 189 Å². The van der Waals surface area contributed by atoms with Crippen LogP contribution in [-0.4, -0.2) is 43.2 Å². The molecule has 3 saturated heterocycles. The SMILES string of the molecule is CCC[CH2][Sn]([CH2]CCC)([CH2]CCC)[CH2][C@H]1C[C@H]2CCCC[C@]23OO[C@@]1(C)O[C@@H]3OC. The maximum atomic E-state index is 6.64. The zero-order chi connectivity index (χ0) is 21.7. The summed E-state index contributed by atoms with van der Waals surface area (Å²) in [4.78, 5) is 12.4. The zero-order valence-electron chi connectivity index (χ0n) is 20.5. The predicted molar refractivity (Wildman–Crippen MR) is 125 cm³/mol. The van der Waals surface area contributed by atoms with Crippen LogP contribution in [0.4, 0.5) is 0 Å². The first kappa shape index (κ1) is 25.3. The molecular formula is C25H48O4Sn. The van der Waals surface area contributed by atoms with E-state index in [2.05, 4.69) is 27.7 Å². The van der Waals surface area contributed by atoms with Crippen LogP contribution < -0.4 is 0 Å². The van der Waals surface area contributed by atoms with E-state index in [0.717, 1.165) is 6.42 Å². The molecule has 4 nitrogen and oxygen atoms in total. The van der Waals surface area contributed by atoms with Crippen LogP contribution in [0.3, 0.4) is 0 Å². The molecule has 0 unspecified atom stereocenters. The molecule has 0 aromatic rings. The van der Waals surface area contributed by atoms with Gasteiger partial charge in [0.2, 0.25) is 0 Å². The molecule has 4 aliphatic rings. The molecule has 5 heteroatoms. The van der Waals surface area contributed by atoms with Gasteiger partial charge >= 0.3 is 190 Å². The summed E-state index contributed by atoms with van der Waals surface area (Å²) in [5.41, 5.74) is -0.393. The van der Waals surface area contributed by atoms with E-state index in [-0.39, 0.29) is 6.29 Å². The van der Waals surface area contributed by atoms with Crippen molar-refractivity contribution in [1.82, 2.24) is 0 Å². The first-order chi connectivity index (χ1) is 14.5. The van der Waals surface area contributed by atoms with Crippen molar-refractivity contribution in [3.05, 3.63) is 0 Å². The Hall–Kier alpha value is 0.639. The third-order valence-corrected chi connectivity index (χ3v) is 24.5. The summed E-state index contributed by atoms with van der Waals surface area (Å²) in [6.07, 6.45) is 13.8. The van der Waals surface area contributed by atoms with Gasteiger partial charge in [0.1, 0.15) is 0 Å². The van der Waals surface area contributed by atoms with Crippen molar-refractivity contribution in [3.63, 3.8) is 0 Å². The summed E-state index contributed by atoms with van der Waals surface area (Å²) in [6.45, 7) is 9.23. The molecule has 1 saturated carbocycles. The van der Waals surface area contributed by atoms with E-state index in [9.17, 15) is 0 Å². The second-order valence-corrected chi connectivity index (χ2v) is 24.7. The van der Waals surface area contributed by atoms with E-state index in [4.69, 9.17) is 19.2 Å². The summed E-state index contributed by atoms with van der Waals surface area (Å²) in [5.74, 6) is 0.290. The summed E-state index contributed by atoms with van der Waals surface area (Å²) < 4.78 is 18.6. The topological polar surface area (TPSA) is 36.9 Å². The van der Waals surface area contributed by atoms with E-state index in [1.807, 2.05) is 0 Å². The van der Waals surface area contributed by atoms with Crippen molar-refractivity contribution in [2.45, 2.75) is 134 Å². The molecule has 30 heavy (non-hydrogen) atoms. The number of rotatable bonds is 12. The summed E-state index contributed by atoms with van der Waals surface area (Å²) in [5, 5.41) is 0. The molecule has 1 spiro atoms. The van der Waals surface area contributed by atoms with E-state index in [1.165, 1.54) is 68.6 Å². The first-order valence-corrected chi connectivity index (χ1v) is 21.1. The molecule has 2 bridgehead atoms. The quantitative estimate of drug-likeness (QED) is 0.194. The van der Waals surface area contributed by atoms with Gasteiger partial charge < -0.3 is 0 Å². The van der Waals surface area contributed by atoms with Crippen molar-refractivity contribution < 1.29 is 19.2 Å². The maximum absolute atomic E-state index is 6.64. The molecule has 0 radical (unpaired) electrons. The van der Waals surface area contributed by atoms with Crippen LogP contribution in [0.1, 0.15) is 98.3 Å². The zero-order valence-corrected chi connectivity index (χ0v) is 23.3. The minimum absolute atomic E-state index is 0.293. The van der Waals surface area contributed by atoms with Gasteiger partial charge in [-0.1, -0.05) is 0 Å². The van der Waals surface area contributed by atoms with E-state index < -0.39 is 29.8 Å². The average molecular weight is 531 g/mol. The molecule has 0 aromatic carbocycles. The molecule has 1 aliphatic carbocycles. The number of hydrogen-bond donors (Lipinski definition) is 0. The fourth-order valence-electron chi connectivity index (χ4n) is 6.61. The minimum atomic E-state index is -2.32. The van der Waals surface area contributed by atoms with Crippen molar-refractivity contribution in [2.75, 3.05) is 7.11 Å². The van der Waals surface area contributed by atoms with Crippen LogP contribution in [0.15, 0.2) is 0 Å². The predicted octanol–water partition coefficient (Wildman–Crippen LogP) is 7.45. The number of unbranched alkanes of at least 4 members (excludes halogenated alkanes) is 3. The number of ether oxygens (including phenoxy) is 2. The molecule has 4 fully saturated rings. The number of methoxy groups -OCH3 is 1. The van der Waals surface area contributed by atoms with Crippen LogP contribution in [0, 0.1) is 11.8 Å². The van der Waals surface area contributed by atoms with E-state index >= 15 is 0 Å². The molecular weight excluding hydrogens is 483 g/mol. The van der Waals surface area contributed by atoms with Crippen molar-refractivity contribution in [3.8, 4) is 0 Å². The normalized spacial score (nSPS) is 36.5. The molecule has 4 rings (SSSR count). The Morgan fingerprint density at radius 3 is 2.13 bits per heavy atom. The monoisotopic (exact) mass is 532 g/mol. The van der Waals surface area contributed by atoms with Crippen molar-refractivity contribution >= 4 is 18.4 Å². The standard InChI is InChI=1S/C13H21O4.3C4H9.Sn/c1-9-8-10-6-4-5-7-13(10)11(14-3)15-12(9,2)16-17-13;3*1-3-4-2;/h9-11H,1,4-8H2,2-3H3;3*1,3-4H2,2H3;/t9-,10+,11-,12+,13-;;;;/m0..../s1. The van der Waals surface area contributed by atoms with Gasteiger partial charge in [0.25, 0.3) is 0 Å². The molecule has 3 aliphatic heterocycles. The van der Waals surface area contributed by atoms with E-state index in [1.54, 1.807) is 20.4 Å². The Balaban J connectivity index is 1.88. The number of fused-ring (bicyclic) bond motifs is 3. The van der Waals surface area contributed by atoms with Gasteiger partial charge in [-0.3, -0.25) is 0 Å². The summed E-state index contributed by atoms with van der Waals surface area (Å²) in [6, 6.07) is 0. The average Bonchev–Trinajstić information content (AvgIpc) is 2.95.